The normalized spacial score (nSPS) is 11.2. The highest BCUT2D eigenvalue weighted by molar-refractivity contribution is 6.31. The SMILES string of the molecule is O=C(C=Cc1ccc2ccccc2c1)Nc1cc(Cl)ccc1-c1noc(=O)[nH]1. The first-order valence-corrected chi connectivity index (χ1v) is 8.80. The van der Waals surface area contributed by atoms with Gasteiger partial charge in [-0.1, -0.05) is 53.2 Å². The molecule has 1 amide bonds. The van der Waals surface area contributed by atoms with Crippen molar-refractivity contribution in [2.45, 2.75) is 0 Å². The summed E-state index contributed by atoms with van der Waals surface area (Å²) in [4.78, 5) is 26.1. The van der Waals surface area contributed by atoms with Gasteiger partial charge in [-0.3, -0.25) is 14.3 Å². The van der Waals surface area contributed by atoms with E-state index in [4.69, 9.17) is 11.6 Å². The molecule has 0 saturated heterocycles. The lowest BCUT2D eigenvalue weighted by Gasteiger charge is -2.08. The second-order valence-corrected chi connectivity index (χ2v) is 6.50. The molecule has 0 radical (unpaired) electrons. The topological polar surface area (TPSA) is 88.0 Å². The van der Waals surface area contributed by atoms with Gasteiger partial charge in [0.1, 0.15) is 0 Å². The minimum atomic E-state index is -0.682. The van der Waals surface area contributed by atoms with Crippen molar-refractivity contribution in [2.24, 2.45) is 0 Å². The summed E-state index contributed by atoms with van der Waals surface area (Å²) in [5.74, 6) is -0.823. The molecule has 138 valence electrons. The van der Waals surface area contributed by atoms with E-state index >= 15 is 0 Å². The number of halogens is 1. The molecule has 0 saturated carbocycles. The van der Waals surface area contributed by atoms with Crippen molar-refractivity contribution in [1.29, 1.82) is 0 Å². The lowest BCUT2D eigenvalue weighted by Crippen LogP contribution is -2.09. The van der Waals surface area contributed by atoms with Gasteiger partial charge in [0.15, 0.2) is 5.82 Å². The smallest absolute Gasteiger partial charge is 0.322 e. The Bertz CT molecular complexity index is 1260. The maximum Gasteiger partial charge on any atom is 0.439 e. The van der Waals surface area contributed by atoms with E-state index in [0.717, 1.165) is 16.3 Å². The Kier molecular flexibility index (Phi) is 4.78. The number of carbonyl (C=O) groups is 1. The van der Waals surface area contributed by atoms with E-state index in [1.54, 1.807) is 24.3 Å². The molecule has 4 rings (SSSR count). The third-order valence-corrected chi connectivity index (χ3v) is 4.37. The molecule has 0 unspecified atom stereocenters. The van der Waals surface area contributed by atoms with E-state index in [1.165, 1.54) is 6.08 Å². The van der Waals surface area contributed by atoms with Gasteiger partial charge in [0.25, 0.3) is 0 Å². The Labute approximate surface area is 164 Å². The fourth-order valence-electron chi connectivity index (χ4n) is 2.83. The number of hydrogen-bond donors (Lipinski definition) is 2. The molecule has 3 aromatic carbocycles. The molecule has 0 fully saturated rings. The minimum Gasteiger partial charge on any atom is -0.322 e. The van der Waals surface area contributed by atoms with Crippen LogP contribution in [0.15, 0.2) is 76.1 Å². The number of rotatable bonds is 4. The van der Waals surface area contributed by atoms with Crippen LogP contribution in [0, 0.1) is 0 Å². The average molecular weight is 392 g/mol. The number of aromatic amines is 1. The van der Waals surface area contributed by atoms with Gasteiger partial charge in [0, 0.05) is 16.7 Å². The van der Waals surface area contributed by atoms with Gasteiger partial charge in [0.2, 0.25) is 5.91 Å². The molecule has 7 heteroatoms. The molecular formula is C21H14ClN3O3. The van der Waals surface area contributed by atoms with Crippen LogP contribution in [0.2, 0.25) is 5.02 Å². The second-order valence-electron chi connectivity index (χ2n) is 6.06. The second kappa shape index (κ2) is 7.54. The van der Waals surface area contributed by atoms with Gasteiger partial charge >= 0.3 is 5.76 Å². The number of carbonyl (C=O) groups excluding carboxylic acids is 1. The first-order valence-electron chi connectivity index (χ1n) is 8.42. The number of fused-ring (bicyclic) bond motifs is 1. The maximum absolute atomic E-state index is 12.4. The largest absolute Gasteiger partial charge is 0.439 e. The summed E-state index contributed by atoms with van der Waals surface area (Å²) in [5, 5.41) is 9.07. The van der Waals surface area contributed by atoms with Gasteiger partial charge in [-0.15, -0.1) is 0 Å². The molecule has 6 nitrogen and oxygen atoms in total. The van der Waals surface area contributed by atoms with E-state index in [2.05, 4.69) is 20.0 Å². The fraction of sp³-hybridized carbons (Fsp3) is 0. The molecule has 0 spiro atoms. The highest BCUT2D eigenvalue weighted by Gasteiger charge is 2.12. The van der Waals surface area contributed by atoms with Crippen molar-refractivity contribution in [1.82, 2.24) is 10.1 Å². The number of aromatic nitrogens is 2. The summed E-state index contributed by atoms with van der Waals surface area (Å²) in [5.41, 5.74) is 1.80. The summed E-state index contributed by atoms with van der Waals surface area (Å²) in [6.07, 6.45) is 3.16. The van der Waals surface area contributed by atoms with Crippen LogP contribution in [-0.2, 0) is 4.79 Å². The summed E-state index contributed by atoms with van der Waals surface area (Å²) >= 11 is 6.04. The van der Waals surface area contributed by atoms with Gasteiger partial charge in [-0.25, -0.2) is 4.79 Å². The Morgan fingerprint density at radius 1 is 1.07 bits per heavy atom. The van der Waals surface area contributed by atoms with Gasteiger partial charge < -0.3 is 5.32 Å². The van der Waals surface area contributed by atoms with Gasteiger partial charge in [0.05, 0.1) is 5.69 Å². The Morgan fingerprint density at radius 3 is 2.68 bits per heavy atom. The molecule has 0 aliphatic rings. The molecule has 0 bridgehead atoms. The van der Waals surface area contributed by atoms with Crippen LogP contribution in [0.25, 0.3) is 28.2 Å². The van der Waals surface area contributed by atoms with Crippen LogP contribution >= 0.6 is 11.6 Å². The van der Waals surface area contributed by atoms with Gasteiger partial charge in [-0.05, 0) is 46.7 Å². The Balaban J connectivity index is 1.57. The predicted octanol–water partition coefficient (Wildman–Crippen LogP) is 4.49. The minimum absolute atomic E-state index is 0.204. The van der Waals surface area contributed by atoms with Crippen molar-refractivity contribution >= 4 is 40.0 Å². The van der Waals surface area contributed by atoms with Crippen LogP contribution in [0.4, 0.5) is 5.69 Å². The number of anilines is 1. The zero-order valence-electron chi connectivity index (χ0n) is 14.5. The quantitative estimate of drug-likeness (QED) is 0.502. The lowest BCUT2D eigenvalue weighted by molar-refractivity contribution is -0.111. The van der Waals surface area contributed by atoms with Gasteiger partial charge in [-0.2, -0.15) is 0 Å². The standard InChI is InChI=1S/C21H14ClN3O3/c22-16-8-9-17(20-24-21(27)28-25-20)18(12-16)23-19(26)10-6-13-5-7-14-3-1-2-4-15(14)11-13/h1-12H,(H,23,26)(H,24,25,27). The van der Waals surface area contributed by atoms with E-state index in [9.17, 15) is 9.59 Å². The molecular weight excluding hydrogens is 378 g/mol. The summed E-state index contributed by atoms with van der Waals surface area (Å²) in [7, 11) is 0. The van der Waals surface area contributed by atoms with E-state index in [1.807, 2.05) is 42.5 Å². The third kappa shape index (κ3) is 3.87. The molecule has 0 aliphatic heterocycles. The van der Waals surface area contributed by atoms with Crippen LogP contribution < -0.4 is 11.1 Å². The Hall–Kier alpha value is -3.64. The lowest BCUT2D eigenvalue weighted by atomic mass is 10.1. The summed E-state index contributed by atoms with van der Waals surface area (Å²) in [6, 6.07) is 18.8. The number of nitrogens with one attached hydrogen (secondary N) is 2. The fourth-order valence-corrected chi connectivity index (χ4v) is 3.00. The third-order valence-electron chi connectivity index (χ3n) is 4.14. The van der Waals surface area contributed by atoms with Crippen molar-refractivity contribution in [3.8, 4) is 11.4 Å². The van der Waals surface area contributed by atoms with Crippen LogP contribution in [0.5, 0.6) is 0 Å². The molecule has 4 aromatic rings. The van der Waals surface area contributed by atoms with Crippen LogP contribution in [-0.4, -0.2) is 16.0 Å². The van der Waals surface area contributed by atoms with Crippen molar-refractivity contribution < 1.29 is 9.32 Å². The monoisotopic (exact) mass is 391 g/mol. The molecule has 2 N–H and O–H groups in total. The predicted molar refractivity (Wildman–Crippen MR) is 109 cm³/mol. The van der Waals surface area contributed by atoms with Crippen molar-refractivity contribution in [2.75, 3.05) is 5.32 Å². The molecule has 1 aromatic heterocycles. The maximum atomic E-state index is 12.4. The first kappa shape index (κ1) is 17.8. The number of amides is 1. The van der Waals surface area contributed by atoms with Crippen molar-refractivity contribution in [3.05, 3.63) is 87.9 Å². The van der Waals surface area contributed by atoms with E-state index < -0.39 is 5.76 Å². The summed E-state index contributed by atoms with van der Waals surface area (Å²) in [6.45, 7) is 0. The van der Waals surface area contributed by atoms with Crippen LogP contribution in [0.3, 0.4) is 0 Å². The first-order chi connectivity index (χ1) is 13.6. The van der Waals surface area contributed by atoms with Crippen molar-refractivity contribution in [3.63, 3.8) is 0 Å². The highest BCUT2D eigenvalue weighted by Crippen LogP contribution is 2.28. The zero-order valence-corrected chi connectivity index (χ0v) is 15.2. The molecule has 28 heavy (non-hydrogen) atoms. The zero-order chi connectivity index (χ0) is 19.5. The number of benzene rings is 3. The summed E-state index contributed by atoms with van der Waals surface area (Å²) < 4.78 is 4.53. The van der Waals surface area contributed by atoms with E-state index in [0.29, 0.717) is 16.3 Å². The molecule has 0 atom stereocenters. The number of nitrogens with zero attached hydrogens (tertiary/aromatic N) is 1. The van der Waals surface area contributed by atoms with E-state index in [-0.39, 0.29) is 11.7 Å². The highest BCUT2D eigenvalue weighted by atomic mass is 35.5. The number of hydrogen-bond acceptors (Lipinski definition) is 4. The average Bonchev–Trinajstić information content (AvgIpc) is 3.12. The van der Waals surface area contributed by atoms with Crippen LogP contribution in [0.1, 0.15) is 5.56 Å². The Morgan fingerprint density at radius 2 is 1.89 bits per heavy atom. The molecule has 1 heterocycles. The molecule has 0 aliphatic carbocycles. The number of H-pyrrole nitrogens is 1.